The summed E-state index contributed by atoms with van der Waals surface area (Å²) in [6.45, 7) is 3.39. The molecule has 0 aromatic heterocycles. The molecule has 0 N–H and O–H groups in total. The Morgan fingerprint density at radius 1 is 1.60 bits per heavy atom. The predicted molar refractivity (Wildman–Crippen MR) is 32.3 cm³/mol. The first-order valence-corrected chi connectivity index (χ1v) is 3.10. The Labute approximate surface area is 59.1 Å². The molecule has 0 radical (unpaired) electrons. The molecule has 0 aliphatic carbocycles. The van der Waals surface area contributed by atoms with Gasteiger partial charge in [-0.05, 0) is 0 Å². The van der Waals surface area contributed by atoms with Crippen molar-refractivity contribution in [3.8, 4) is 0 Å². The van der Waals surface area contributed by atoms with Crippen molar-refractivity contribution in [2.45, 2.75) is 12.7 Å². The van der Waals surface area contributed by atoms with Gasteiger partial charge in [-0.15, -0.1) is 0 Å². The van der Waals surface area contributed by atoms with Crippen molar-refractivity contribution >= 4 is 6.47 Å². The molecule has 0 amide bonds. The number of carbonyl (C=O) groups is 1. The van der Waals surface area contributed by atoms with Gasteiger partial charge in [0, 0.05) is 6.92 Å². The van der Waals surface area contributed by atoms with Crippen LogP contribution in [0.25, 0.3) is 0 Å². The van der Waals surface area contributed by atoms with Gasteiger partial charge in [0.15, 0.2) is 0 Å². The third-order valence-electron chi connectivity index (χ3n) is 1.30. The zero-order chi connectivity index (χ0) is 7.45. The van der Waals surface area contributed by atoms with Crippen LogP contribution < -0.4 is 0 Å². The second-order valence-corrected chi connectivity index (χ2v) is 2.25. The first kappa shape index (κ1) is 7.50. The largest absolute Gasteiger partial charge is 0.433 e. The van der Waals surface area contributed by atoms with Crippen LogP contribution in [0, 0.1) is 0 Å². The molecule has 1 heterocycles. The molecule has 4 nitrogen and oxygen atoms in total. The zero-order valence-electron chi connectivity index (χ0n) is 5.83. The normalized spacial score (nSPS) is 33.3. The first-order chi connectivity index (χ1) is 4.77. The van der Waals surface area contributed by atoms with Crippen LogP contribution in [-0.4, -0.2) is 32.1 Å². The van der Waals surface area contributed by atoms with E-state index in [1.165, 1.54) is 0 Å². The van der Waals surface area contributed by atoms with E-state index in [4.69, 9.17) is 9.47 Å². The maximum atomic E-state index is 9.92. The van der Waals surface area contributed by atoms with Gasteiger partial charge in [0.2, 0.25) is 5.79 Å². The van der Waals surface area contributed by atoms with E-state index >= 15 is 0 Å². The third kappa shape index (κ3) is 1.68. The van der Waals surface area contributed by atoms with Crippen LogP contribution >= 0.6 is 0 Å². The lowest BCUT2D eigenvalue weighted by Crippen LogP contribution is -2.42. The van der Waals surface area contributed by atoms with Gasteiger partial charge in [0.25, 0.3) is 6.47 Å². The number of ether oxygens (including phenoxy) is 3. The van der Waals surface area contributed by atoms with E-state index in [2.05, 4.69) is 4.74 Å². The monoisotopic (exact) mass is 146 g/mol. The highest BCUT2D eigenvalue weighted by atomic mass is 16.7. The molecule has 0 bridgehead atoms. The van der Waals surface area contributed by atoms with Gasteiger partial charge >= 0.3 is 0 Å². The molecule has 1 rings (SSSR count). The van der Waals surface area contributed by atoms with Crippen LogP contribution in [0.5, 0.6) is 0 Å². The number of rotatable bonds is 2. The highest BCUT2D eigenvalue weighted by Crippen LogP contribution is 2.14. The molecule has 10 heavy (non-hydrogen) atoms. The van der Waals surface area contributed by atoms with Crippen LogP contribution in [0.3, 0.4) is 0 Å². The van der Waals surface area contributed by atoms with Crippen molar-refractivity contribution in [2.75, 3.05) is 19.8 Å². The Hall–Kier alpha value is -0.610. The number of hydrogen-bond acceptors (Lipinski definition) is 4. The van der Waals surface area contributed by atoms with Gasteiger partial charge in [-0.2, -0.15) is 0 Å². The number of carbonyl (C=O) groups excluding carboxylic acids is 1. The lowest BCUT2D eigenvalue weighted by Gasteiger charge is -2.31. The van der Waals surface area contributed by atoms with Crippen LogP contribution in [0.15, 0.2) is 0 Å². The maximum Gasteiger partial charge on any atom is 0.295 e. The minimum atomic E-state index is -0.861. The topological polar surface area (TPSA) is 44.8 Å². The van der Waals surface area contributed by atoms with E-state index in [0.29, 0.717) is 26.3 Å². The highest BCUT2D eigenvalue weighted by Gasteiger charge is 2.29. The summed E-state index contributed by atoms with van der Waals surface area (Å²) < 4.78 is 14.8. The summed E-state index contributed by atoms with van der Waals surface area (Å²) in [6.07, 6.45) is 0. The fourth-order valence-electron chi connectivity index (χ4n) is 0.786. The lowest BCUT2D eigenvalue weighted by atomic mass is 10.3. The van der Waals surface area contributed by atoms with Gasteiger partial charge in [0.05, 0.1) is 13.2 Å². The molecular weight excluding hydrogens is 136 g/mol. The molecule has 0 aromatic carbocycles. The Kier molecular flexibility index (Phi) is 2.24. The molecule has 1 saturated heterocycles. The Morgan fingerprint density at radius 3 is 2.90 bits per heavy atom. The highest BCUT2D eigenvalue weighted by molar-refractivity contribution is 5.37. The molecule has 0 saturated carbocycles. The van der Waals surface area contributed by atoms with E-state index in [-0.39, 0.29) is 0 Å². The van der Waals surface area contributed by atoms with Crippen molar-refractivity contribution < 1.29 is 19.0 Å². The van der Waals surface area contributed by atoms with E-state index in [1.807, 2.05) is 0 Å². The molecule has 58 valence electrons. The molecule has 4 heteroatoms. The molecule has 1 aliphatic rings. The summed E-state index contributed by atoms with van der Waals surface area (Å²) in [6, 6.07) is 0. The van der Waals surface area contributed by atoms with Gasteiger partial charge in [-0.25, -0.2) is 0 Å². The average Bonchev–Trinajstić information content (AvgIpc) is 1.89. The van der Waals surface area contributed by atoms with Gasteiger partial charge < -0.3 is 14.2 Å². The summed E-state index contributed by atoms with van der Waals surface area (Å²) in [5.41, 5.74) is 0. The Morgan fingerprint density at radius 2 is 2.40 bits per heavy atom. The van der Waals surface area contributed by atoms with Crippen molar-refractivity contribution in [1.82, 2.24) is 0 Å². The van der Waals surface area contributed by atoms with E-state index < -0.39 is 5.79 Å². The molecule has 0 spiro atoms. The van der Waals surface area contributed by atoms with Gasteiger partial charge in [-0.3, -0.25) is 4.79 Å². The van der Waals surface area contributed by atoms with Crippen LogP contribution in [0.4, 0.5) is 0 Å². The minimum absolute atomic E-state index is 0.311. The fraction of sp³-hybridized carbons (Fsp3) is 0.833. The van der Waals surface area contributed by atoms with E-state index in [0.717, 1.165) is 0 Å². The standard InChI is InChI=1S/C6H10O4/c1-6(10-5-7)4-8-2-3-9-6/h5H,2-4H2,1H3. The molecule has 0 aromatic rings. The Bertz CT molecular complexity index is 117. The molecule has 1 atom stereocenters. The SMILES string of the molecule is CC1(OC=O)COCCO1. The summed E-state index contributed by atoms with van der Waals surface area (Å²) in [7, 11) is 0. The third-order valence-corrected chi connectivity index (χ3v) is 1.30. The second-order valence-electron chi connectivity index (χ2n) is 2.25. The summed E-state index contributed by atoms with van der Waals surface area (Å²) in [5.74, 6) is -0.861. The fourth-order valence-corrected chi connectivity index (χ4v) is 0.786. The maximum absolute atomic E-state index is 9.92. The predicted octanol–water partition coefficient (Wildman–Crippen LogP) is -0.0776. The van der Waals surface area contributed by atoms with Crippen molar-refractivity contribution in [2.24, 2.45) is 0 Å². The number of hydrogen-bond donors (Lipinski definition) is 0. The molecule has 1 aliphatic heterocycles. The van der Waals surface area contributed by atoms with Crippen LogP contribution in [-0.2, 0) is 19.0 Å². The van der Waals surface area contributed by atoms with Crippen molar-refractivity contribution in [1.29, 1.82) is 0 Å². The van der Waals surface area contributed by atoms with E-state index in [9.17, 15) is 4.79 Å². The smallest absolute Gasteiger partial charge is 0.295 e. The van der Waals surface area contributed by atoms with Crippen LogP contribution in [0.1, 0.15) is 6.92 Å². The van der Waals surface area contributed by atoms with E-state index in [1.54, 1.807) is 6.92 Å². The molecule has 1 fully saturated rings. The zero-order valence-corrected chi connectivity index (χ0v) is 5.83. The lowest BCUT2D eigenvalue weighted by molar-refractivity contribution is -0.263. The summed E-state index contributed by atoms with van der Waals surface area (Å²) in [4.78, 5) is 9.92. The summed E-state index contributed by atoms with van der Waals surface area (Å²) >= 11 is 0. The average molecular weight is 146 g/mol. The van der Waals surface area contributed by atoms with Crippen LogP contribution in [0.2, 0.25) is 0 Å². The van der Waals surface area contributed by atoms with Crippen molar-refractivity contribution in [3.63, 3.8) is 0 Å². The quantitative estimate of drug-likeness (QED) is 0.511. The van der Waals surface area contributed by atoms with Gasteiger partial charge in [-0.1, -0.05) is 0 Å². The molecular formula is C6H10O4. The molecule has 1 unspecified atom stereocenters. The van der Waals surface area contributed by atoms with Crippen molar-refractivity contribution in [3.05, 3.63) is 0 Å². The summed E-state index contributed by atoms with van der Waals surface area (Å²) in [5, 5.41) is 0. The first-order valence-electron chi connectivity index (χ1n) is 3.10. The second kappa shape index (κ2) is 2.98. The van der Waals surface area contributed by atoms with Gasteiger partial charge in [0.1, 0.15) is 6.61 Å². The minimum Gasteiger partial charge on any atom is -0.433 e. The Balaban J connectivity index is 2.39.